The molecule has 1 N–H and O–H groups in total. The van der Waals surface area contributed by atoms with E-state index < -0.39 is 0 Å². The number of benzene rings is 2. The largest absolute Gasteiger partial charge is 0.493 e. The van der Waals surface area contributed by atoms with Gasteiger partial charge in [-0.1, -0.05) is 29.8 Å². The molecule has 0 bridgehead atoms. The van der Waals surface area contributed by atoms with Gasteiger partial charge in [0.05, 0.1) is 7.11 Å². The van der Waals surface area contributed by atoms with Gasteiger partial charge in [0.1, 0.15) is 0 Å². The molecule has 1 aliphatic rings. The molecular weight excluding hydrogens is 376 g/mol. The van der Waals surface area contributed by atoms with Crippen LogP contribution in [0.1, 0.15) is 36.9 Å². The third-order valence-corrected chi connectivity index (χ3v) is 5.23. The zero-order chi connectivity index (χ0) is 19.9. The summed E-state index contributed by atoms with van der Waals surface area (Å²) in [5.41, 5.74) is 2.21. The Hall–Kier alpha value is -2.24. The average molecular weight is 403 g/mol. The number of halogens is 1. The number of methoxy groups -OCH3 is 1. The fraction of sp³-hybridized carbons (Fsp3) is 0.409. The smallest absolute Gasteiger partial charge is 0.260 e. The number of hydrogen-bond acceptors (Lipinski definition) is 4. The molecule has 3 rings (SSSR count). The van der Waals surface area contributed by atoms with E-state index in [4.69, 9.17) is 21.1 Å². The van der Waals surface area contributed by atoms with Crippen LogP contribution in [0.2, 0.25) is 5.02 Å². The Morgan fingerprint density at radius 3 is 2.68 bits per heavy atom. The summed E-state index contributed by atoms with van der Waals surface area (Å²) >= 11 is 6.07. The van der Waals surface area contributed by atoms with E-state index in [1.165, 1.54) is 0 Å². The van der Waals surface area contributed by atoms with Crippen LogP contribution in [0.25, 0.3) is 0 Å². The third-order valence-electron chi connectivity index (χ3n) is 5.00. The second-order valence-corrected chi connectivity index (χ2v) is 7.46. The number of carbonyl (C=O) groups excluding carboxylic acids is 1. The molecule has 2 aromatic carbocycles. The number of rotatable bonds is 8. The number of amides is 1. The highest BCUT2D eigenvalue weighted by atomic mass is 35.5. The molecule has 28 heavy (non-hydrogen) atoms. The van der Waals surface area contributed by atoms with E-state index in [9.17, 15) is 4.79 Å². The van der Waals surface area contributed by atoms with E-state index in [2.05, 4.69) is 18.3 Å². The topological polar surface area (TPSA) is 50.8 Å². The maximum atomic E-state index is 12.2. The van der Waals surface area contributed by atoms with Gasteiger partial charge in [0, 0.05) is 30.7 Å². The van der Waals surface area contributed by atoms with Crippen molar-refractivity contribution in [3.05, 3.63) is 58.6 Å². The molecule has 1 fully saturated rings. The number of likely N-dealkylation sites (tertiary alicyclic amines) is 1. The molecule has 0 aliphatic carbocycles. The van der Waals surface area contributed by atoms with Crippen molar-refractivity contribution in [2.75, 3.05) is 26.8 Å². The Morgan fingerprint density at radius 1 is 1.18 bits per heavy atom. The maximum absolute atomic E-state index is 12.2. The van der Waals surface area contributed by atoms with Gasteiger partial charge in [0.2, 0.25) is 0 Å². The van der Waals surface area contributed by atoms with Crippen LogP contribution in [-0.2, 0) is 11.3 Å². The summed E-state index contributed by atoms with van der Waals surface area (Å²) in [7, 11) is 1.61. The molecule has 1 amide bonds. The predicted molar refractivity (Wildman–Crippen MR) is 111 cm³/mol. The summed E-state index contributed by atoms with van der Waals surface area (Å²) in [6.07, 6.45) is 2.15. The van der Waals surface area contributed by atoms with Crippen LogP contribution >= 0.6 is 11.6 Å². The first-order chi connectivity index (χ1) is 13.6. The highest BCUT2D eigenvalue weighted by Crippen LogP contribution is 2.28. The second-order valence-electron chi connectivity index (χ2n) is 7.02. The van der Waals surface area contributed by atoms with E-state index >= 15 is 0 Å². The zero-order valence-electron chi connectivity index (χ0n) is 16.4. The van der Waals surface area contributed by atoms with Crippen molar-refractivity contribution in [2.24, 2.45) is 0 Å². The lowest BCUT2D eigenvalue weighted by molar-refractivity contribution is -0.132. The fourth-order valence-corrected chi connectivity index (χ4v) is 3.50. The van der Waals surface area contributed by atoms with Crippen LogP contribution in [0.4, 0.5) is 0 Å². The number of nitrogens with zero attached hydrogens (tertiary/aromatic N) is 1. The van der Waals surface area contributed by atoms with Crippen molar-refractivity contribution >= 4 is 17.5 Å². The molecule has 150 valence electrons. The molecule has 0 saturated carbocycles. The predicted octanol–water partition coefficient (Wildman–Crippen LogP) is 4.20. The maximum Gasteiger partial charge on any atom is 0.260 e. The van der Waals surface area contributed by atoms with Crippen molar-refractivity contribution in [3.63, 3.8) is 0 Å². The van der Waals surface area contributed by atoms with Crippen molar-refractivity contribution in [2.45, 2.75) is 32.4 Å². The summed E-state index contributed by atoms with van der Waals surface area (Å²) in [5.74, 6) is 1.24. The minimum absolute atomic E-state index is 0.0284. The molecule has 0 unspecified atom stereocenters. The molecule has 0 radical (unpaired) electrons. The second kappa shape index (κ2) is 9.80. The first-order valence-corrected chi connectivity index (χ1v) is 10.0. The van der Waals surface area contributed by atoms with Gasteiger partial charge in [0.15, 0.2) is 18.1 Å². The number of ether oxygens (including phenoxy) is 2. The van der Waals surface area contributed by atoms with Crippen molar-refractivity contribution in [1.29, 1.82) is 0 Å². The lowest BCUT2D eigenvalue weighted by atomic mass is 10.1. The molecule has 6 heteroatoms. The number of carbonyl (C=O) groups is 1. The Balaban J connectivity index is 1.57. The molecule has 1 heterocycles. The standard InChI is InChI=1S/C22H27ClN2O3/c1-16(18-6-5-7-19(23)13-18)24-14-17-8-9-20(21(12-17)27-2)28-15-22(26)25-10-3-4-11-25/h5-9,12-13,16,24H,3-4,10-11,14-15H2,1-2H3/t16-/m1/s1. The van der Waals surface area contributed by atoms with Crippen LogP contribution in [-0.4, -0.2) is 37.6 Å². The third kappa shape index (κ3) is 5.40. The van der Waals surface area contributed by atoms with E-state index in [1.807, 2.05) is 41.3 Å². The summed E-state index contributed by atoms with van der Waals surface area (Å²) in [6.45, 7) is 4.48. The Morgan fingerprint density at radius 2 is 1.96 bits per heavy atom. The van der Waals surface area contributed by atoms with Crippen molar-refractivity contribution in [1.82, 2.24) is 10.2 Å². The minimum atomic E-state index is 0.0284. The van der Waals surface area contributed by atoms with Crippen LogP contribution in [0, 0.1) is 0 Å². The van der Waals surface area contributed by atoms with Gasteiger partial charge in [-0.25, -0.2) is 0 Å². The fourth-order valence-electron chi connectivity index (χ4n) is 3.30. The molecule has 1 saturated heterocycles. The first-order valence-electron chi connectivity index (χ1n) is 9.63. The van der Waals surface area contributed by atoms with Crippen molar-refractivity contribution < 1.29 is 14.3 Å². The quantitative estimate of drug-likeness (QED) is 0.718. The van der Waals surface area contributed by atoms with Gasteiger partial charge in [0.25, 0.3) is 5.91 Å². The minimum Gasteiger partial charge on any atom is -0.493 e. The first kappa shape index (κ1) is 20.5. The van der Waals surface area contributed by atoms with E-state index in [1.54, 1.807) is 7.11 Å². The van der Waals surface area contributed by atoms with Gasteiger partial charge >= 0.3 is 0 Å². The van der Waals surface area contributed by atoms with Crippen LogP contribution < -0.4 is 14.8 Å². The molecule has 1 aliphatic heterocycles. The number of nitrogens with one attached hydrogen (secondary N) is 1. The summed E-state index contributed by atoms with van der Waals surface area (Å²) in [4.78, 5) is 14.0. The SMILES string of the molecule is COc1cc(CN[C@H](C)c2cccc(Cl)c2)ccc1OCC(=O)N1CCCC1. The van der Waals surface area contributed by atoms with E-state index in [0.29, 0.717) is 18.0 Å². The Labute approximate surface area is 171 Å². The normalized spacial score (nSPS) is 14.8. The van der Waals surface area contributed by atoms with E-state index in [-0.39, 0.29) is 18.6 Å². The Bertz CT molecular complexity index is 806. The van der Waals surface area contributed by atoms with Gasteiger partial charge in [-0.2, -0.15) is 0 Å². The zero-order valence-corrected chi connectivity index (χ0v) is 17.2. The summed E-state index contributed by atoms with van der Waals surface area (Å²) < 4.78 is 11.2. The van der Waals surface area contributed by atoms with Crippen LogP contribution in [0.3, 0.4) is 0 Å². The molecule has 0 spiro atoms. The van der Waals surface area contributed by atoms with Gasteiger partial charge in [-0.3, -0.25) is 4.79 Å². The highest BCUT2D eigenvalue weighted by Gasteiger charge is 2.19. The summed E-state index contributed by atoms with van der Waals surface area (Å²) in [6, 6.07) is 13.8. The lowest BCUT2D eigenvalue weighted by Gasteiger charge is -2.18. The molecular formula is C22H27ClN2O3. The number of hydrogen-bond donors (Lipinski definition) is 1. The van der Waals surface area contributed by atoms with Crippen molar-refractivity contribution in [3.8, 4) is 11.5 Å². The summed E-state index contributed by atoms with van der Waals surface area (Å²) in [5, 5.41) is 4.22. The monoisotopic (exact) mass is 402 g/mol. The molecule has 5 nitrogen and oxygen atoms in total. The molecule has 2 aromatic rings. The molecule has 1 atom stereocenters. The van der Waals surface area contributed by atoms with Crippen LogP contribution in [0.5, 0.6) is 11.5 Å². The molecule has 0 aromatic heterocycles. The van der Waals surface area contributed by atoms with E-state index in [0.717, 1.165) is 42.1 Å². The van der Waals surface area contributed by atoms with Crippen LogP contribution in [0.15, 0.2) is 42.5 Å². The Kier molecular flexibility index (Phi) is 7.18. The highest BCUT2D eigenvalue weighted by molar-refractivity contribution is 6.30. The average Bonchev–Trinajstić information content (AvgIpc) is 3.25. The lowest BCUT2D eigenvalue weighted by Crippen LogP contribution is -2.32. The van der Waals surface area contributed by atoms with Gasteiger partial charge in [-0.05, 0) is 55.2 Å². The van der Waals surface area contributed by atoms with Gasteiger partial charge < -0.3 is 19.7 Å². The van der Waals surface area contributed by atoms with Gasteiger partial charge in [-0.15, -0.1) is 0 Å².